The van der Waals surface area contributed by atoms with Gasteiger partial charge in [0.1, 0.15) is 0 Å². The van der Waals surface area contributed by atoms with E-state index in [4.69, 9.17) is 14.2 Å². The summed E-state index contributed by atoms with van der Waals surface area (Å²) in [5, 5.41) is 5.12. The fraction of sp³-hybridized carbons (Fsp3) is 0.583. The van der Waals surface area contributed by atoms with Gasteiger partial charge in [-0.25, -0.2) is 4.68 Å². The Bertz CT molecular complexity index is 1440. The van der Waals surface area contributed by atoms with Crippen LogP contribution in [-0.2, 0) is 20.6 Å². The quantitative estimate of drug-likeness (QED) is 0.262. The number of hydrogen-bond acceptors (Lipinski definition) is 5. The van der Waals surface area contributed by atoms with Gasteiger partial charge in [-0.15, -0.1) is 5.10 Å². The first-order chi connectivity index (χ1) is 21.2. The SMILES string of the molecule is COC(OC)C1CCN(c2ccc(C3=C(C4CCCC4)CCCc4c3ccc3c4c(F)nn3C3CCCCO3)cc2)CC1. The lowest BCUT2D eigenvalue weighted by molar-refractivity contribution is -0.141. The number of allylic oxidation sites excluding steroid dienone is 1. The summed E-state index contributed by atoms with van der Waals surface area (Å²) < 4.78 is 34.7. The maximum absolute atomic E-state index is 15.8. The predicted molar refractivity (Wildman–Crippen MR) is 169 cm³/mol. The molecule has 7 rings (SSSR count). The van der Waals surface area contributed by atoms with Crippen LogP contribution in [0.25, 0.3) is 16.5 Å². The molecule has 6 nitrogen and oxygen atoms in total. The first-order valence-corrected chi connectivity index (χ1v) is 16.6. The van der Waals surface area contributed by atoms with Crippen LogP contribution >= 0.6 is 0 Å². The molecule has 1 atom stereocenters. The van der Waals surface area contributed by atoms with Crippen LogP contribution in [0.15, 0.2) is 42.0 Å². The van der Waals surface area contributed by atoms with Crippen LogP contribution in [0.5, 0.6) is 0 Å². The number of rotatable bonds is 7. The molecule has 2 aliphatic carbocycles. The number of halogens is 1. The minimum absolute atomic E-state index is 0.126. The Hall–Kier alpha value is -2.74. The molecular formula is C36H46FN3O3. The standard InChI is InChI=1S/C36H46FN3O3/c1-41-36(42-2)26-19-21-39(22-20-26)27-15-13-25(14-16-27)33-28(24-8-3-4-9-24)10-7-11-29-30(33)17-18-31-34(29)35(37)38-40(31)32-12-5-6-23-43-32/h13-18,24,26,32,36H,3-12,19-23H2,1-2H3. The predicted octanol–water partition coefficient (Wildman–Crippen LogP) is 8.04. The molecule has 230 valence electrons. The molecule has 0 amide bonds. The van der Waals surface area contributed by atoms with E-state index in [1.54, 1.807) is 19.8 Å². The second kappa shape index (κ2) is 12.7. The summed E-state index contributed by atoms with van der Waals surface area (Å²) in [5.74, 6) is 0.694. The zero-order chi connectivity index (χ0) is 29.3. The van der Waals surface area contributed by atoms with Gasteiger partial charge in [0.25, 0.3) is 0 Å². The van der Waals surface area contributed by atoms with E-state index in [0.29, 0.717) is 23.8 Å². The highest BCUT2D eigenvalue weighted by Crippen LogP contribution is 2.45. The first kappa shape index (κ1) is 29.0. The van der Waals surface area contributed by atoms with Gasteiger partial charge in [0.2, 0.25) is 5.95 Å². The normalized spacial score (nSPS) is 22.5. The summed E-state index contributed by atoms with van der Waals surface area (Å²) in [4.78, 5) is 2.48. The largest absolute Gasteiger partial charge is 0.372 e. The third-order valence-electron chi connectivity index (χ3n) is 10.6. The van der Waals surface area contributed by atoms with Crippen molar-refractivity contribution in [2.24, 2.45) is 11.8 Å². The summed E-state index contributed by atoms with van der Waals surface area (Å²) >= 11 is 0. The van der Waals surface area contributed by atoms with Crippen molar-refractivity contribution >= 4 is 22.2 Å². The van der Waals surface area contributed by atoms with Crippen LogP contribution < -0.4 is 4.90 Å². The van der Waals surface area contributed by atoms with Gasteiger partial charge in [0.15, 0.2) is 12.5 Å². The van der Waals surface area contributed by atoms with Crippen LogP contribution in [0, 0.1) is 17.8 Å². The van der Waals surface area contributed by atoms with Gasteiger partial charge in [-0.1, -0.05) is 36.6 Å². The molecule has 0 bridgehead atoms. The van der Waals surface area contributed by atoms with E-state index in [9.17, 15) is 0 Å². The number of aryl methyl sites for hydroxylation is 1. The molecular weight excluding hydrogens is 541 g/mol. The van der Waals surface area contributed by atoms with Gasteiger partial charge in [-0.2, -0.15) is 4.39 Å². The molecule has 1 saturated carbocycles. The third kappa shape index (κ3) is 5.53. The molecule has 7 heteroatoms. The van der Waals surface area contributed by atoms with E-state index < -0.39 is 0 Å². The number of aromatic nitrogens is 2. The number of ether oxygens (including phenoxy) is 3. The lowest BCUT2D eigenvalue weighted by atomic mass is 9.84. The first-order valence-electron chi connectivity index (χ1n) is 16.6. The zero-order valence-corrected chi connectivity index (χ0v) is 25.8. The van der Waals surface area contributed by atoms with Crippen molar-refractivity contribution in [1.82, 2.24) is 9.78 Å². The number of fused-ring (bicyclic) bond motifs is 3. The minimum Gasteiger partial charge on any atom is -0.372 e. The van der Waals surface area contributed by atoms with Crippen LogP contribution in [0.2, 0.25) is 0 Å². The van der Waals surface area contributed by atoms with Crippen LogP contribution in [0.3, 0.4) is 0 Å². The van der Waals surface area contributed by atoms with Crippen molar-refractivity contribution in [2.75, 3.05) is 38.8 Å². The second-order valence-electron chi connectivity index (χ2n) is 13.0. The Morgan fingerprint density at radius 3 is 2.30 bits per heavy atom. The number of nitrogens with zero attached hydrogens (tertiary/aromatic N) is 3. The number of hydrogen-bond donors (Lipinski definition) is 0. The molecule has 43 heavy (non-hydrogen) atoms. The monoisotopic (exact) mass is 587 g/mol. The molecule has 1 unspecified atom stereocenters. The molecule has 2 saturated heterocycles. The highest BCUT2D eigenvalue weighted by Gasteiger charge is 2.31. The van der Waals surface area contributed by atoms with E-state index in [-0.39, 0.29) is 18.5 Å². The number of anilines is 1. The molecule has 0 radical (unpaired) electrons. The van der Waals surface area contributed by atoms with Gasteiger partial charge >= 0.3 is 0 Å². The van der Waals surface area contributed by atoms with Crippen LogP contribution in [0.4, 0.5) is 10.1 Å². The van der Waals surface area contributed by atoms with Gasteiger partial charge in [0.05, 0.1) is 10.9 Å². The average molecular weight is 588 g/mol. The maximum Gasteiger partial charge on any atom is 0.240 e. The van der Waals surface area contributed by atoms with Crippen LogP contribution in [-0.4, -0.2) is 50.0 Å². The molecule has 0 N–H and O–H groups in total. The summed E-state index contributed by atoms with van der Waals surface area (Å²) in [5.41, 5.74) is 8.64. The van der Waals surface area contributed by atoms with Gasteiger partial charge < -0.3 is 19.1 Å². The van der Waals surface area contributed by atoms with Crippen LogP contribution in [0.1, 0.15) is 93.5 Å². The topological polar surface area (TPSA) is 48.8 Å². The van der Waals surface area contributed by atoms with Crippen molar-refractivity contribution in [1.29, 1.82) is 0 Å². The molecule has 3 fully saturated rings. The molecule has 0 spiro atoms. The Morgan fingerprint density at radius 1 is 0.860 bits per heavy atom. The van der Waals surface area contributed by atoms with Crippen molar-refractivity contribution < 1.29 is 18.6 Å². The summed E-state index contributed by atoms with van der Waals surface area (Å²) in [7, 11) is 3.46. The second-order valence-corrected chi connectivity index (χ2v) is 13.0. The molecule has 3 heterocycles. The van der Waals surface area contributed by atoms with Crippen molar-refractivity contribution in [3.8, 4) is 0 Å². The van der Waals surface area contributed by atoms with Gasteiger partial charge in [-0.05, 0) is 111 Å². The van der Waals surface area contributed by atoms with E-state index in [0.717, 1.165) is 75.5 Å². The molecule has 3 aromatic rings. The fourth-order valence-corrected chi connectivity index (χ4v) is 8.41. The van der Waals surface area contributed by atoms with E-state index in [1.807, 2.05) is 4.68 Å². The lowest BCUT2D eigenvalue weighted by Crippen LogP contribution is -2.39. The Labute approximate surface area is 255 Å². The van der Waals surface area contributed by atoms with Gasteiger partial charge in [-0.3, -0.25) is 0 Å². The summed E-state index contributed by atoms with van der Waals surface area (Å²) in [6.45, 7) is 2.71. The van der Waals surface area contributed by atoms with E-state index >= 15 is 4.39 Å². The zero-order valence-electron chi connectivity index (χ0n) is 25.8. The molecule has 1 aromatic heterocycles. The van der Waals surface area contributed by atoms with E-state index in [2.05, 4.69) is 46.4 Å². The van der Waals surface area contributed by atoms with Gasteiger partial charge in [0, 0.05) is 45.5 Å². The van der Waals surface area contributed by atoms with E-state index in [1.165, 1.54) is 48.1 Å². The fourth-order valence-electron chi connectivity index (χ4n) is 8.41. The third-order valence-corrected chi connectivity index (χ3v) is 10.6. The highest BCUT2D eigenvalue weighted by molar-refractivity contribution is 5.93. The smallest absolute Gasteiger partial charge is 0.240 e. The maximum atomic E-state index is 15.8. The Kier molecular flexibility index (Phi) is 8.57. The summed E-state index contributed by atoms with van der Waals surface area (Å²) in [6.07, 6.45) is 13.0. The number of benzene rings is 2. The van der Waals surface area contributed by atoms with Crippen molar-refractivity contribution in [2.45, 2.75) is 89.6 Å². The molecule has 2 aliphatic heterocycles. The van der Waals surface area contributed by atoms with Crippen molar-refractivity contribution in [3.05, 3.63) is 64.6 Å². The Morgan fingerprint density at radius 2 is 1.60 bits per heavy atom. The Balaban J connectivity index is 1.25. The highest BCUT2D eigenvalue weighted by atomic mass is 19.1. The number of methoxy groups -OCH3 is 2. The lowest BCUT2D eigenvalue weighted by Gasteiger charge is -2.36. The number of piperidine rings is 1. The molecule has 4 aliphatic rings. The minimum atomic E-state index is -0.354. The summed E-state index contributed by atoms with van der Waals surface area (Å²) in [6, 6.07) is 13.6. The van der Waals surface area contributed by atoms with Crippen molar-refractivity contribution in [3.63, 3.8) is 0 Å². The molecule has 2 aromatic carbocycles. The average Bonchev–Trinajstić information content (AvgIpc) is 3.66.